The molecular formula is C10H16N2O3S. The Labute approximate surface area is 95.5 Å². The molecular weight excluding hydrogens is 228 g/mol. The molecule has 1 aromatic rings. The Bertz CT molecular complexity index is 489. The summed E-state index contributed by atoms with van der Waals surface area (Å²) < 4.78 is 23.8. The van der Waals surface area contributed by atoms with Gasteiger partial charge in [-0.05, 0) is 23.1 Å². The van der Waals surface area contributed by atoms with Crippen LogP contribution in [0.25, 0.3) is 0 Å². The van der Waals surface area contributed by atoms with E-state index in [0.29, 0.717) is 0 Å². The number of aromatic hydroxyl groups is 1. The molecule has 0 fully saturated rings. The largest absolute Gasteiger partial charge is 0.506 e. The van der Waals surface area contributed by atoms with E-state index in [1.807, 2.05) is 20.8 Å². The first-order valence-corrected chi connectivity index (χ1v) is 6.28. The van der Waals surface area contributed by atoms with Gasteiger partial charge in [-0.3, -0.25) is 4.72 Å². The number of nitrogens with one attached hydrogen (secondary N) is 1. The molecule has 16 heavy (non-hydrogen) atoms. The number of rotatable bonds is 2. The lowest BCUT2D eigenvalue weighted by Crippen LogP contribution is -2.22. The van der Waals surface area contributed by atoms with Crippen LogP contribution in [0.15, 0.2) is 18.2 Å². The van der Waals surface area contributed by atoms with Crippen molar-refractivity contribution in [1.29, 1.82) is 0 Å². The Morgan fingerprint density at radius 2 is 1.88 bits per heavy atom. The molecule has 0 saturated carbocycles. The molecule has 6 heteroatoms. The highest BCUT2D eigenvalue weighted by molar-refractivity contribution is 7.90. The summed E-state index contributed by atoms with van der Waals surface area (Å²) in [5, 5.41) is 14.3. The molecule has 90 valence electrons. The Kier molecular flexibility index (Phi) is 3.16. The number of phenolic OH excluding ortho intramolecular Hbond substituents is 1. The number of benzene rings is 1. The van der Waals surface area contributed by atoms with E-state index in [4.69, 9.17) is 5.14 Å². The molecule has 0 saturated heterocycles. The van der Waals surface area contributed by atoms with E-state index in [1.165, 1.54) is 6.07 Å². The summed E-state index contributed by atoms with van der Waals surface area (Å²) in [6.45, 7) is 5.96. The third-order valence-corrected chi connectivity index (χ3v) is 2.62. The van der Waals surface area contributed by atoms with Gasteiger partial charge in [0.25, 0.3) is 10.2 Å². The summed E-state index contributed by atoms with van der Waals surface area (Å²) >= 11 is 0. The van der Waals surface area contributed by atoms with Crippen molar-refractivity contribution in [2.24, 2.45) is 5.14 Å². The van der Waals surface area contributed by atoms with Gasteiger partial charge in [0.2, 0.25) is 0 Å². The van der Waals surface area contributed by atoms with Crippen LogP contribution in [0.2, 0.25) is 0 Å². The smallest absolute Gasteiger partial charge is 0.296 e. The van der Waals surface area contributed by atoms with Gasteiger partial charge in [0, 0.05) is 0 Å². The molecule has 0 aliphatic carbocycles. The van der Waals surface area contributed by atoms with Crippen LogP contribution in [0.4, 0.5) is 5.69 Å². The zero-order valence-electron chi connectivity index (χ0n) is 9.48. The van der Waals surface area contributed by atoms with Crippen LogP contribution < -0.4 is 9.86 Å². The quantitative estimate of drug-likeness (QED) is 0.685. The van der Waals surface area contributed by atoms with E-state index < -0.39 is 10.2 Å². The fourth-order valence-corrected chi connectivity index (χ4v) is 1.71. The number of anilines is 1. The average molecular weight is 244 g/mol. The molecule has 1 aromatic carbocycles. The number of hydrogen-bond acceptors (Lipinski definition) is 3. The molecule has 0 aromatic heterocycles. The van der Waals surface area contributed by atoms with E-state index in [2.05, 4.69) is 4.72 Å². The highest BCUT2D eigenvalue weighted by atomic mass is 32.2. The van der Waals surface area contributed by atoms with Crippen molar-refractivity contribution in [2.75, 3.05) is 4.72 Å². The van der Waals surface area contributed by atoms with E-state index in [9.17, 15) is 13.5 Å². The summed E-state index contributed by atoms with van der Waals surface area (Å²) in [6.07, 6.45) is 0. The topological polar surface area (TPSA) is 92.4 Å². The van der Waals surface area contributed by atoms with Crippen LogP contribution in [-0.4, -0.2) is 13.5 Å². The predicted octanol–water partition coefficient (Wildman–Crippen LogP) is 1.31. The highest BCUT2D eigenvalue weighted by Gasteiger charge is 2.16. The Morgan fingerprint density at radius 1 is 1.31 bits per heavy atom. The van der Waals surface area contributed by atoms with Gasteiger partial charge in [0.1, 0.15) is 5.75 Å². The van der Waals surface area contributed by atoms with Gasteiger partial charge in [0.15, 0.2) is 0 Å². The van der Waals surface area contributed by atoms with Gasteiger partial charge in [0.05, 0.1) is 5.69 Å². The molecule has 0 aliphatic rings. The van der Waals surface area contributed by atoms with Crippen molar-refractivity contribution in [1.82, 2.24) is 0 Å². The van der Waals surface area contributed by atoms with E-state index >= 15 is 0 Å². The fourth-order valence-electron chi connectivity index (χ4n) is 1.24. The summed E-state index contributed by atoms with van der Waals surface area (Å²) in [7, 11) is -3.87. The summed E-state index contributed by atoms with van der Waals surface area (Å²) in [6, 6.07) is 4.75. The SMILES string of the molecule is CC(C)(C)c1ccc(O)c(NS(N)(=O)=O)c1. The molecule has 0 unspecified atom stereocenters. The minimum absolute atomic E-state index is 0.0925. The zero-order chi connectivity index (χ0) is 12.6. The lowest BCUT2D eigenvalue weighted by Gasteiger charge is -2.20. The molecule has 1 rings (SSSR count). The van der Waals surface area contributed by atoms with Crippen molar-refractivity contribution < 1.29 is 13.5 Å². The van der Waals surface area contributed by atoms with Crippen molar-refractivity contribution >= 4 is 15.9 Å². The van der Waals surface area contributed by atoms with Gasteiger partial charge < -0.3 is 5.11 Å². The summed E-state index contributed by atoms with van der Waals surface area (Å²) in [4.78, 5) is 0. The van der Waals surface area contributed by atoms with Gasteiger partial charge in [-0.25, -0.2) is 5.14 Å². The Hall–Kier alpha value is -1.27. The van der Waals surface area contributed by atoms with Crippen LogP contribution in [0.5, 0.6) is 5.75 Å². The van der Waals surface area contributed by atoms with Crippen molar-refractivity contribution in [3.8, 4) is 5.75 Å². The molecule has 0 amide bonds. The molecule has 0 bridgehead atoms. The van der Waals surface area contributed by atoms with Gasteiger partial charge >= 0.3 is 0 Å². The third-order valence-electron chi connectivity index (χ3n) is 2.11. The Balaban J connectivity index is 3.20. The first-order valence-electron chi connectivity index (χ1n) is 4.73. The molecule has 5 nitrogen and oxygen atoms in total. The molecule has 4 N–H and O–H groups in total. The molecule has 0 aliphatic heterocycles. The summed E-state index contributed by atoms with van der Waals surface area (Å²) in [5.74, 6) is -0.151. The third kappa shape index (κ3) is 3.39. The maximum atomic E-state index is 10.9. The van der Waals surface area contributed by atoms with Gasteiger partial charge in [-0.1, -0.05) is 26.8 Å². The van der Waals surface area contributed by atoms with Crippen LogP contribution in [0.1, 0.15) is 26.3 Å². The minimum atomic E-state index is -3.87. The van der Waals surface area contributed by atoms with E-state index in [-0.39, 0.29) is 16.9 Å². The summed E-state index contributed by atoms with van der Waals surface area (Å²) in [5.41, 5.74) is 0.856. The van der Waals surface area contributed by atoms with Crippen molar-refractivity contribution in [2.45, 2.75) is 26.2 Å². The highest BCUT2D eigenvalue weighted by Crippen LogP contribution is 2.30. The lowest BCUT2D eigenvalue weighted by atomic mass is 9.87. The zero-order valence-corrected chi connectivity index (χ0v) is 10.3. The second-order valence-electron chi connectivity index (χ2n) is 4.63. The molecule has 0 heterocycles. The van der Waals surface area contributed by atoms with Crippen molar-refractivity contribution in [3.63, 3.8) is 0 Å². The number of hydrogen-bond donors (Lipinski definition) is 3. The average Bonchev–Trinajstić information content (AvgIpc) is 2.04. The van der Waals surface area contributed by atoms with Crippen LogP contribution in [-0.2, 0) is 15.6 Å². The second-order valence-corrected chi connectivity index (χ2v) is 5.92. The normalized spacial score (nSPS) is 12.5. The second kappa shape index (κ2) is 3.95. The lowest BCUT2D eigenvalue weighted by molar-refractivity contribution is 0.476. The van der Waals surface area contributed by atoms with Crippen LogP contribution >= 0.6 is 0 Å². The molecule has 0 spiro atoms. The monoisotopic (exact) mass is 244 g/mol. The predicted molar refractivity (Wildman–Crippen MR) is 63.5 cm³/mol. The molecule has 0 radical (unpaired) electrons. The Morgan fingerprint density at radius 3 is 2.31 bits per heavy atom. The van der Waals surface area contributed by atoms with Crippen molar-refractivity contribution in [3.05, 3.63) is 23.8 Å². The van der Waals surface area contributed by atoms with Crippen LogP contribution in [0.3, 0.4) is 0 Å². The van der Waals surface area contributed by atoms with Gasteiger partial charge in [-0.2, -0.15) is 8.42 Å². The standard InChI is InChI=1S/C10H16N2O3S/c1-10(2,3)7-4-5-9(13)8(6-7)12-16(11,14)15/h4-6,12-13H,1-3H3,(H2,11,14,15). The number of nitrogens with two attached hydrogens (primary N) is 1. The first-order chi connectivity index (χ1) is 7.09. The first kappa shape index (κ1) is 12.8. The number of phenols is 1. The molecule has 0 atom stereocenters. The maximum Gasteiger partial charge on any atom is 0.296 e. The van der Waals surface area contributed by atoms with Crippen LogP contribution in [0, 0.1) is 0 Å². The van der Waals surface area contributed by atoms with E-state index in [1.54, 1.807) is 12.1 Å². The minimum Gasteiger partial charge on any atom is -0.506 e. The fraction of sp³-hybridized carbons (Fsp3) is 0.400. The van der Waals surface area contributed by atoms with E-state index in [0.717, 1.165) is 5.56 Å². The van der Waals surface area contributed by atoms with Gasteiger partial charge in [-0.15, -0.1) is 0 Å². The maximum absolute atomic E-state index is 10.9.